The molecule has 0 atom stereocenters. The van der Waals surface area contributed by atoms with Gasteiger partial charge >= 0.3 is 0 Å². The molecule has 3 N–H and O–H groups in total. The van der Waals surface area contributed by atoms with Gasteiger partial charge in [0.1, 0.15) is 11.5 Å². The Labute approximate surface area is 216 Å². The minimum atomic E-state index is -4.10. The number of hydrogen-bond donors (Lipinski definition) is 3. The predicted molar refractivity (Wildman–Crippen MR) is 139 cm³/mol. The zero-order valence-corrected chi connectivity index (χ0v) is 21.7. The van der Waals surface area contributed by atoms with Gasteiger partial charge in [0.2, 0.25) is 10.0 Å². The van der Waals surface area contributed by atoms with Crippen LogP contribution in [0.2, 0.25) is 0 Å². The van der Waals surface area contributed by atoms with Crippen molar-refractivity contribution in [3.63, 3.8) is 0 Å². The van der Waals surface area contributed by atoms with Crippen LogP contribution in [-0.4, -0.2) is 52.4 Å². The molecule has 1 amide bonds. The lowest BCUT2D eigenvalue weighted by Gasteiger charge is -2.26. The second-order valence-corrected chi connectivity index (χ2v) is 12.1. The predicted octanol–water partition coefficient (Wildman–Crippen LogP) is 3.63. The first-order chi connectivity index (χ1) is 17.6. The lowest BCUT2D eigenvalue weighted by atomic mass is 10.2. The maximum Gasteiger partial charge on any atom is 0.262 e. The molecule has 1 fully saturated rings. The Kier molecular flexibility index (Phi) is 7.71. The van der Waals surface area contributed by atoms with Crippen LogP contribution < -0.4 is 14.8 Å². The largest absolute Gasteiger partial charge is 0.506 e. The quantitative estimate of drug-likeness (QED) is 0.367. The number of phenols is 1. The van der Waals surface area contributed by atoms with Crippen molar-refractivity contribution in [2.75, 3.05) is 30.2 Å². The topological polar surface area (TPSA) is 142 Å². The third kappa shape index (κ3) is 5.87. The van der Waals surface area contributed by atoms with Crippen molar-refractivity contribution in [1.29, 1.82) is 0 Å². The Bertz CT molecular complexity index is 1520. The van der Waals surface area contributed by atoms with Crippen LogP contribution in [0.25, 0.3) is 0 Å². The van der Waals surface area contributed by atoms with Crippen LogP contribution in [0.1, 0.15) is 29.6 Å². The van der Waals surface area contributed by atoms with E-state index >= 15 is 0 Å². The van der Waals surface area contributed by atoms with E-state index in [1.54, 1.807) is 18.2 Å². The van der Waals surface area contributed by atoms with E-state index in [0.717, 1.165) is 31.4 Å². The van der Waals surface area contributed by atoms with Crippen LogP contribution in [-0.2, 0) is 20.0 Å². The SMILES string of the molecule is COc1ccccc1NS(=O)(=O)c1ccc(O)c(NC(=O)c2cccc(S(=O)(=O)N3CCCCC3)c2)c1. The molecule has 1 aliphatic rings. The number of ether oxygens (including phenoxy) is 1. The van der Waals surface area contributed by atoms with Crippen molar-refractivity contribution in [2.45, 2.75) is 29.1 Å². The normalized spacial score (nSPS) is 14.6. The van der Waals surface area contributed by atoms with Gasteiger partial charge in [0.05, 0.1) is 28.3 Å². The Morgan fingerprint density at radius 1 is 0.865 bits per heavy atom. The summed E-state index contributed by atoms with van der Waals surface area (Å²) in [7, 11) is -6.45. The maximum atomic E-state index is 13.0. The standard InChI is InChI=1S/C25H27N3O7S2/c1-35-24-11-4-3-10-21(24)27-36(31,32)19-12-13-23(29)22(17-19)26-25(30)18-8-7-9-20(16-18)37(33,34)28-14-5-2-6-15-28/h3-4,7-13,16-17,27,29H,2,5-6,14-15H2,1H3,(H,26,30). The molecule has 3 aromatic carbocycles. The van der Waals surface area contributed by atoms with Crippen LogP contribution in [0.5, 0.6) is 11.5 Å². The third-order valence-electron chi connectivity index (χ3n) is 5.93. The van der Waals surface area contributed by atoms with Gasteiger partial charge in [-0.15, -0.1) is 0 Å². The summed E-state index contributed by atoms with van der Waals surface area (Å²) in [6.07, 6.45) is 2.54. The molecule has 10 nitrogen and oxygen atoms in total. The minimum absolute atomic E-state index is 0.0105. The summed E-state index contributed by atoms with van der Waals surface area (Å²) >= 11 is 0. The highest BCUT2D eigenvalue weighted by molar-refractivity contribution is 7.92. The van der Waals surface area contributed by atoms with Gasteiger partial charge in [-0.1, -0.05) is 24.6 Å². The Morgan fingerprint density at radius 3 is 2.32 bits per heavy atom. The van der Waals surface area contributed by atoms with Crippen molar-refractivity contribution in [2.24, 2.45) is 0 Å². The van der Waals surface area contributed by atoms with Gasteiger partial charge < -0.3 is 15.2 Å². The second kappa shape index (κ2) is 10.8. The molecule has 1 aliphatic heterocycles. The van der Waals surface area contributed by atoms with Crippen LogP contribution in [0, 0.1) is 0 Å². The number of carbonyl (C=O) groups excluding carboxylic acids is 1. The molecule has 0 aromatic heterocycles. The molecule has 3 aromatic rings. The van der Waals surface area contributed by atoms with E-state index in [-0.39, 0.29) is 32.5 Å². The second-order valence-electron chi connectivity index (χ2n) is 8.43. The number of para-hydroxylation sites is 2. The van der Waals surface area contributed by atoms with E-state index in [9.17, 15) is 26.7 Å². The summed E-state index contributed by atoms with van der Waals surface area (Å²) in [6, 6.07) is 15.5. The van der Waals surface area contributed by atoms with Gasteiger partial charge in [0.25, 0.3) is 15.9 Å². The van der Waals surface area contributed by atoms with Gasteiger partial charge in [0.15, 0.2) is 0 Å². The van der Waals surface area contributed by atoms with E-state index < -0.39 is 26.0 Å². The van der Waals surface area contributed by atoms with E-state index in [1.165, 1.54) is 47.8 Å². The van der Waals surface area contributed by atoms with E-state index in [4.69, 9.17) is 4.74 Å². The molecule has 196 valence electrons. The summed E-state index contributed by atoms with van der Waals surface area (Å²) in [5, 5.41) is 12.7. The molecule has 0 radical (unpaired) electrons. The number of hydrogen-bond acceptors (Lipinski definition) is 7. The molecule has 1 saturated heterocycles. The Hall–Kier alpha value is -3.61. The highest BCUT2D eigenvalue weighted by Gasteiger charge is 2.27. The minimum Gasteiger partial charge on any atom is -0.506 e. The van der Waals surface area contributed by atoms with Gasteiger partial charge in [-0.05, 0) is 61.4 Å². The van der Waals surface area contributed by atoms with Crippen molar-refractivity contribution in [1.82, 2.24) is 4.31 Å². The molecule has 0 saturated carbocycles. The summed E-state index contributed by atoms with van der Waals surface area (Å²) in [6.45, 7) is 0.855. The first-order valence-corrected chi connectivity index (χ1v) is 14.4. The molecule has 37 heavy (non-hydrogen) atoms. The Balaban J connectivity index is 1.57. The highest BCUT2D eigenvalue weighted by Crippen LogP contribution is 2.30. The number of nitrogens with zero attached hydrogens (tertiary/aromatic N) is 1. The molecule has 0 unspecified atom stereocenters. The number of methoxy groups -OCH3 is 1. The van der Waals surface area contributed by atoms with Gasteiger partial charge in [-0.25, -0.2) is 16.8 Å². The van der Waals surface area contributed by atoms with E-state index in [2.05, 4.69) is 10.0 Å². The number of sulfonamides is 2. The zero-order valence-electron chi connectivity index (χ0n) is 20.0. The average Bonchev–Trinajstić information content (AvgIpc) is 2.90. The van der Waals surface area contributed by atoms with Gasteiger partial charge in [0, 0.05) is 18.7 Å². The molecular weight excluding hydrogens is 518 g/mol. The lowest BCUT2D eigenvalue weighted by Crippen LogP contribution is -2.35. The maximum absolute atomic E-state index is 13.0. The number of aromatic hydroxyl groups is 1. The van der Waals surface area contributed by atoms with Crippen molar-refractivity contribution >= 4 is 37.3 Å². The van der Waals surface area contributed by atoms with Crippen LogP contribution in [0.4, 0.5) is 11.4 Å². The number of benzene rings is 3. The number of rotatable bonds is 8. The van der Waals surface area contributed by atoms with Crippen LogP contribution in [0.3, 0.4) is 0 Å². The summed E-state index contributed by atoms with van der Waals surface area (Å²) < 4.78 is 60.9. The number of nitrogens with one attached hydrogen (secondary N) is 2. The van der Waals surface area contributed by atoms with E-state index in [0.29, 0.717) is 18.8 Å². The summed E-state index contributed by atoms with van der Waals surface area (Å²) in [5.74, 6) is -0.752. The number of carbonyl (C=O) groups is 1. The van der Waals surface area contributed by atoms with Gasteiger partial charge in [-0.2, -0.15) is 4.31 Å². The average molecular weight is 546 g/mol. The van der Waals surface area contributed by atoms with Crippen molar-refractivity contribution < 1.29 is 31.5 Å². The van der Waals surface area contributed by atoms with Crippen molar-refractivity contribution in [3.8, 4) is 11.5 Å². The molecular formula is C25H27N3O7S2. The van der Waals surface area contributed by atoms with Crippen LogP contribution in [0.15, 0.2) is 76.5 Å². The summed E-state index contributed by atoms with van der Waals surface area (Å²) in [4.78, 5) is 12.7. The number of piperidine rings is 1. The van der Waals surface area contributed by atoms with E-state index in [1.807, 2.05) is 0 Å². The molecule has 1 heterocycles. The highest BCUT2D eigenvalue weighted by atomic mass is 32.2. The Morgan fingerprint density at radius 2 is 1.59 bits per heavy atom. The third-order valence-corrected chi connectivity index (χ3v) is 9.18. The van der Waals surface area contributed by atoms with Gasteiger partial charge in [-0.3, -0.25) is 9.52 Å². The lowest BCUT2D eigenvalue weighted by molar-refractivity contribution is 0.102. The molecule has 0 spiro atoms. The molecule has 4 rings (SSSR count). The fraction of sp³-hybridized carbons (Fsp3) is 0.240. The van der Waals surface area contributed by atoms with Crippen LogP contribution >= 0.6 is 0 Å². The number of amides is 1. The molecule has 0 bridgehead atoms. The van der Waals surface area contributed by atoms with Crippen molar-refractivity contribution in [3.05, 3.63) is 72.3 Å². The zero-order chi connectivity index (χ0) is 26.6. The molecule has 12 heteroatoms. The number of anilines is 2. The first kappa shape index (κ1) is 26.5. The fourth-order valence-corrected chi connectivity index (χ4v) is 6.62. The number of phenolic OH excluding ortho intramolecular Hbond substituents is 1. The first-order valence-electron chi connectivity index (χ1n) is 11.5. The monoisotopic (exact) mass is 545 g/mol. The summed E-state index contributed by atoms with van der Waals surface area (Å²) in [5.41, 5.74) is 0.102. The molecule has 0 aliphatic carbocycles. The fourth-order valence-electron chi connectivity index (χ4n) is 3.96. The smallest absolute Gasteiger partial charge is 0.262 e.